The van der Waals surface area contributed by atoms with Crippen molar-refractivity contribution in [3.63, 3.8) is 0 Å². The molecule has 0 aliphatic heterocycles. The van der Waals surface area contributed by atoms with Crippen LogP contribution in [0.5, 0.6) is 0 Å². The summed E-state index contributed by atoms with van der Waals surface area (Å²) in [6.07, 6.45) is 7.50. The molecule has 0 radical (unpaired) electrons. The van der Waals surface area contributed by atoms with Crippen molar-refractivity contribution in [3.8, 4) is 0 Å². The summed E-state index contributed by atoms with van der Waals surface area (Å²) >= 11 is 5.99. The smallest absolute Gasteiger partial charge is 0.220 e. The molecule has 1 atom stereocenters. The second-order valence-corrected chi connectivity index (χ2v) is 7.84. The molecule has 1 amide bonds. The van der Waals surface area contributed by atoms with Crippen molar-refractivity contribution in [2.75, 3.05) is 13.6 Å². The highest BCUT2D eigenvalue weighted by Crippen LogP contribution is 2.26. The zero-order valence-corrected chi connectivity index (χ0v) is 17.0. The Morgan fingerprint density at radius 1 is 1.27 bits per heavy atom. The van der Waals surface area contributed by atoms with Crippen molar-refractivity contribution in [2.24, 2.45) is 10.9 Å². The molecule has 1 fully saturated rings. The predicted molar refractivity (Wildman–Crippen MR) is 111 cm³/mol. The Labute approximate surface area is 162 Å². The highest BCUT2D eigenvalue weighted by molar-refractivity contribution is 6.30. The molecule has 4 nitrogen and oxygen atoms in total. The molecule has 0 heterocycles. The Hall–Kier alpha value is -1.39. The SMILES string of the molecule is CNCC(NC(=O)CCC(C)=Nc1ccc(Cl)cc1C)C1CCCCC1. The van der Waals surface area contributed by atoms with Crippen LogP contribution in [0, 0.1) is 12.8 Å². The summed E-state index contributed by atoms with van der Waals surface area (Å²) in [5, 5.41) is 7.20. The topological polar surface area (TPSA) is 53.5 Å². The lowest BCUT2D eigenvalue weighted by molar-refractivity contribution is -0.122. The van der Waals surface area contributed by atoms with Crippen LogP contribution in [0.3, 0.4) is 0 Å². The van der Waals surface area contributed by atoms with Gasteiger partial charge < -0.3 is 10.6 Å². The van der Waals surface area contributed by atoms with Crippen LogP contribution in [-0.4, -0.2) is 31.3 Å². The average Bonchev–Trinajstić information content (AvgIpc) is 2.63. The maximum absolute atomic E-state index is 12.4. The van der Waals surface area contributed by atoms with Crippen LogP contribution in [0.1, 0.15) is 57.4 Å². The molecule has 0 aromatic heterocycles. The van der Waals surface area contributed by atoms with Crippen LogP contribution < -0.4 is 10.6 Å². The van der Waals surface area contributed by atoms with Gasteiger partial charge in [0.05, 0.1) is 5.69 Å². The zero-order chi connectivity index (χ0) is 18.9. The van der Waals surface area contributed by atoms with Crippen LogP contribution in [0.15, 0.2) is 23.2 Å². The van der Waals surface area contributed by atoms with Gasteiger partial charge in [0.1, 0.15) is 0 Å². The first-order valence-corrected chi connectivity index (χ1v) is 10.1. The van der Waals surface area contributed by atoms with Gasteiger partial charge in [0.15, 0.2) is 0 Å². The monoisotopic (exact) mass is 377 g/mol. The third-order valence-corrected chi connectivity index (χ3v) is 5.41. The molecule has 1 unspecified atom stereocenters. The molecule has 2 N–H and O–H groups in total. The number of carbonyl (C=O) groups excluding carboxylic acids is 1. The van der Waals surface area contributed by atoms with Crippen LogP contribution >= 0.6 is 11.6 Å². The molecule has 5 heteroatoms. The summed E-state index contributed by atoms with van der Waals surface area (Å²) in [6, 6.07) is 5.92. The van der Waals surface area contributed by atoms with Crippen molar-refractivity contribution < 1.29 is 4.79 Å². The molecule has 1 aromatic carbocycles. The fraction of sp³-hybridized carbons (Fsp3) is 0.619. The Morgan fingerprint density at radius 2 is 2.00 bits per heavy atom. The molecule has 0 spiro atoms. The first-order chi connectivity index (χ1) is 12.5. The van der Waals surface area contributed by atoms with Gasteiger partial charge in [-0.3, -0.25) is 9.79 Å². The average molecular weight is 378 g/mol. The summed E-state index contributed by atoms with van der Waals surface area (Å²) < 4.78 is 0. The van der Waals surface area contributed by atoms with Gasteiger partial charge in [0.2, 0.25) is 5.91 Å². The Kier molecular flexibility index (Phi) is 8.60. The van der Waals surface area contributed by atoms with Crippen molar-refractivity contribution in [3.05, 3.63) is 28.8 Å². The molecule has 2 rings (SSSR count). The van der Waals surface area contributed by atoms with Crippen LogP contribution in [0.2, 0.25) is 5.02 Å². The van der Waals surface area contributed by atoms with Gasteiger partial charge in [-0.25, -0.2) is 0 Å². The zero-order valence-electron chi connectivity index (χ0n) is 16.3. The highest BCUT2D eigenvalue weighted by atomic mass is 35.5. The number of aliphatic imine (C=N–C) groups is 1. The lowest BCUT2D eigenvalue weighted by Gasteiger charge is -2.31. The molecule has 1 aliphatic carbocycles. The van der Waals surface area contributed by atoms with Gasteiger partial charge in [-0.05, 0) is 69.8 Å². The number of aryl methyl sites for hydroxylation is 1. The van der Waals surface area contributed by atoms with E-state index in [9.17, 15) is 4.79 Å². The van der Waals surface area contributed by atoms with Gasteiger partial charge in [-0.2, -0.15) is 0 Å². The summed E-state index contributed by atoms with van der Waals surface area (Å²) in [4.78, 5) is 17.1. The first kappa shape index (κ1) is 20.9. The van der Waals surface area contributed by atoms with Crippen molar-refractivity contribution >= 4 is 28.9 Å². The number of nitrogens with zero attached hydrogens (tertiary/aromatic N) is 1. The van der Waals surface area contributed by atoms with Gasteiger partial charge in [0, 0.05) is 29.7 Å². The number of likely N-dealkylation sites (N-methyl/N-ethyl adjacent to an activating group) is 1. The Bertz CT molecular complexity index is 624. The number of halogens is 1. The van der Waals surface area contributed by atoms with Gasteiger partial charge in [-0.15, -0.1) is 0 Å². The van der Waals surface area contributed by atoms with E-state index in [4.69, 9.17) is 11.6 Å². The highest BCUT2D eigenvalue weighted by Gasteiger charge is 2.24. The fourth-order valence-electron chi connectivity index (χ4n) is 3.67. The minimum Gasteiger partial charge on any atom is -0.352 e. The number of amides is 1. The number of rotatable bonds is 8. The Balaban J connectivity index is 1.86. The quantitative estimate of drug-likeness (QED) is 0.639. The largest absolute Gasteiger partial charge is 0.352 e. The van der Waals surface area contributed by atoms with Crippen molar-refractivity contribution in [2.45, 2.75) is 64.8 Å². The van der Waals surface area contributed by atoms with E-state index in [1.807, 2.05) is 39.1 Å². The van der Waals surface area contributed by atoms with E-state index in [0.717, 1.165) is 28.5 Å². The van der Waals surface area contributed by atoms with E-state index in [2.05, 4.69) is 15.6 Å². The molecule has 1 aromatic rings. The number of benzene rings is 1. The third-order valence-electron chi connectivity index (χ3n) is 5.17. The fourth-order valence-corrected chi connectivity index (χ4v) is 3.90. The van der Waals surface area contributed by atoms with Crippen LogP contribution in [0.25, 0.3) is 0 Å². The number of carbonyl (C=O) groups is 1. The van der Waals surface area contributed by atoms with Gasteiger partial charge in [-0.1, -0.05) is 30.9 Å². The van der Waals surface area contributed by atoms with E-state index in [1.165, 1.54) is 32.1 Å². The second kappa shape index (κ2) is 10.7. The minimum absolute atomic E-state index is 0.123. The number of hydrogen-bond donors (Lipinski definition) is 2. The maximum atomic E-state index is 12.4. The van der Waals surface area contributed by atoms with Gasteiger partial charge in [0.25, 0.3) is 0 Å². The summed E-state index contributed by atoms with van der Waals surface area (Å²) in [5.74, 6) is 0.727. The van der Waals surface area contributed by atoms with Gasteiger partial charge >= 0.3 is 0 Å². The maximum Gasteiger partial charge on any atom is 0.220 e. The Morgan fingerprint density at radius 3 is 2.65 bits per heavy atom. The molecular weight excluding hydrogens is 346 g/mol. The lowest BCUT2D eigenvalue weighted by Crippen LogP contribution is -2.46. The standard InChI is InChI=1S/C21H32ClN3O/c1-15-13-18(22)10-11-19(15)24-16(2)9-12-21(26)25-20(14-23-3)17-7-5-4-6-8-17/h10-11,13,17,20,23H,4-9,12,14H2,1-3H3,(H,25,26). The van der Waals surface area contributed by atoms with E-state index < -0.39 is 0 Å². The second-order valence-electron chi connectivity index (χ2n) is 7.41. The minimum atomic E-state index is 0.123. The van der Waals surface area contributed by atoms with Crippen molar-refractivity contribution in [1.82, 2.24) is 10.6 Å². The summed E-state index contributed by atoms with van der Waals surface area (Å²) in [5.41, 5.74) is 2.93. The number of hydrogen-bond acceptors (Lipinski definition) is 3. The van der Waals surface area contributed by atoms with E-state index in [0.29, 0.717) is 18.8 Å². The lowest BCUT2D eigenvalue weighted by atomic mass is 9.83. The molecule has 1 aliphatic rings. The normalized spacial score (nSPS) is 17.2. The molecule has 26 heavy (non-hydrogen) atoms. The summed E-state index contributed by atoms with van der Waals surface area (Å²) in [6.45, 7) is 4.82. The number of nitrogens with one attached hydrogen (secondary N) is 2. The molecule has 0 saturated heterocycles. The van der Waals surface area contributed by atoms with E-state index in [1.54, 1.807) is 0 Å². The van der Waals surface area contributed by atoms with Crippen LogP contribution in [0.4, 0.5) is 5.69 Å². The van der Waals surface area contributed by atoms with Crippen LogP contribution in [-0.2, 0) is 4.79 Å². The molecule has 144 valence electrons. The van der Waals surface area contributed by atoms with E-state index in [-0.39, 0.29) is 11.9 Å². The van der Waals surface area contributed by atoms with Crippen molar-refractivity contribution in [1.29, 1.82) is 0 Å². The van der Waals surface area contributed by atoms with E-state index >= 15 is 0 Å². The first-order valence-electron chi connectivity index (χ1n) is 9.74. The summed E-state index contributed by atoms with van der Waals surface area (Å²) in [7, 11) is 1.95. The third kappa shape index (κ3) is 6.73. The predicted octanol–water partition coefficient (Wildman–Crippen LogP) is 4.81. The molecule has 0 bridgehead atoms. The molecule has 1 saturated carbocycles. The molecular formula is C21H32ClN3O.